The highest BCUT2D eigenvalue weighted by atomic mass is 32.2. The lowest BCUT2D eigenvalue weighted by atomic mass is 10.1. The molecule has 0 saturated carbocycles. The highest BCUT2D eigenvalue weighted by Crippen LogP contribution is 2.29. The first kappa shape index (κ1) is 15.2. The van der Waals surface area contributed by atoms with Gasteiger partial charge in [0.05, 0.1) is 11.4 Å². The van der Waals surface area contributed by atoms with E-state index >= 15 is 0 Å². The number of pyridine rings is 1. The van der Waals surface area contributed by atoms with Gasteiger partial charge in [0, 0.05) is 30.4 Å². The van der Waals surface area contributed by atoms with E-state index in [1.807, 2.05) is 0 Å². The summed E-state index contributed by atoms with van der Waals surface area (Å²) in [6, 6.07) is 8.53. The van der Waals surface area contributed by atoms with E-state index in [0.29, 0.717) is 0 Å². The summed E-state index contributed by atoms with van der Waals surface area (Å²) >= 11 is 1.75. The molecule has 1 amide bonds. The summed E-state index contributed by atoms with van der Waals surface area (Å²) in [5.41, 5.74) is 2.26. The van der Waals surface area contributed by atoms with Crippen LogP contribution in [0.25, 0.3) is 10.9 Å². The number of carbonyl (C=O) groups excluding carboxylic acids is 1. The van der Waals surface area contributed by atoms with Crippen LogP contribution < -0.4 is 10.2 Å². The smallest absolute Gasteiger partial charge is 0.224 e. The van der Waals surface area contributed by atoms with Gasteiger partial charge in [-0.2, -0.15) is 0 Å². The Morgan fingerprint density at radius 1 is 1.41 bits per heavy atom. The Bertz CT molecular complexity index is 716. The van der Waals surface area contributed by atoms with E-state index in [9.17, 15) is 4.79 Å². The van der Waals surface area contributed by atoms with Crippen molar-refractivity contribution in [3.05, 3.63) is 29.8 Å². The summed E-state index contributed by atoms with van der Waals surface area (Å²) in [4.78, 5) is 20.1. The van der Waals surface area contributed by atoms with Gasteiger partial charge in [0.15, 0.2) is 0 Å². The Labute approximate surface area is 135 Å². The topological polar surface area (TPSA) is 45.2 Å². The summed E-state index contributed by atoms with van der Waals surface area (Å²) in [5, 5.41) is 3.95. The van der Waals surface area contributed by atoms with E-state index in [2.05, 4.69) is 47.7 Å². The Morgan fingerprint density at radius 2 is 2.23 bits per heavy atom. The molecular formula is C17H21N3OS. The second-order valence-electron chi connectivity index (χ2n) is 5.73. The van der Waals surface area contributed by atoms with Crippen molar-refractivity contribution in [1.82, 2.24) is 10.3 Å². The number of carbonyl (C=O) groups is 1. The SMILES string of the molecule is CNC(=O)C1CCN(c2cc(C)c3cc(SC)ccc3n2)C1. The van der Waals surface area contributed by atoms with Crippen LogP contribution in [-0.4, -0.2) is 37.3 Å². The molecule has 0 spiro atoms. The van der Waals surface area contributed by atoms with E-state index in [4.69, 9.17) is 4.98 Å². The summed E-state index contributed by atoms with van der Waals surface area (Å²) in [5.74, 6) is 1.18. The number of rotatable bonds is 3. The third-order valence-electron chi connectivity index (χ3n) is 4.34. The normalized spacial score (nSPS) is 18.0. The molecule has 2 aromatic rings. The molecule has 1 N–H and O–H groups in total. The number of aromatic nitrogens is 1. The molecule has 1 saturated heterocycles. The molecule has 1 unspecified atom stereocenters. The number of fused-ring (bicyclic) bond motifs is 1. The molecule has 1 aliphatic rings. The molecule has 1 aromatic heterocycles. The van der Waals surface area contributed by atoms with Gasteiger partial charge in [-0.3, -0.25) is 4.79 Å². The quantitative estimate of drug-likeness (QED) is 0.885. The maximum atomic E-state index is 11.8. The molecule has 4 nitrogen and oxygen atoms in total. The summed E-state index contributed by atoms with van der Waals surface area (Å²) in [7, 11) is 1.70. The van der Waals surface area contributed by atoms with Crippen molar-refractivity contribution in [3.63, 3.8) is 0 Å². The average Bonchev–Trinajstić information content (AvgIpc) is 3.03. The second kappa shape index (κ2) is 6.16. The van der Waals surface area contributed by atoms with Crippen LogP contribution in [0.4, 0.5) is 5.82 Å². The minimum Gasteiger partial charge on any atom is -0.359 e. The number of amides is 1. The van der Waals surface area contributed by atoms with Gasteiger partial charge in [-0.05, 0) is 49.4 Å². The standard InChI is InChI=1S/C17H21N3OS/c1-11-8-16(20-7-6-12(10-20)17(21)18-2)19-15-5-4-13(22-3)9-14(11)15/h4-5,8-9,12H,6-7,10H2,1-3H3,(H,18,21). The molecule has 1 atom stereocenters. The van der Waals surface area contributed by atoms with Crippen molar-refractivity contribution in [3.8, 4) is 0 Å². The van der Waals surface area contributed by atoms with Gasteiger partial charge in [-0.1, -0.05) is 0 Å². The Hall–Kier alpha value is -1.75. The number of nitrogens with one attached hydrogen (secondary N) is 1. The first-order valence-corrected chi connectivity index (χ1v) is 8.77. The average molecular weight is 315 g/mol. The number of anilines is 1. The van der Waals surface area contributed by atoms with Crippen molar-refractivity contribution < 1.29 is 4.79 Å². The van der Waals surface area contributed by atoms with E-state index < -0.39 is 0 Å². The molecule has 1 fully saturated rings. The molecular weight excluding hydrogens is 294 g/mol. The largest absolute Gasteiger partial charge is 0.359 e. The van der Waals surface area contributed by atoms with Crippen LogP contribution in [0.5, 0.6) is 0 Å². The molecule has 0 radical (unpaired) electrons. The Balaban J connectivity index is 1.91. The van der Waals surface area contributed by atoms with Crippen LogP contribution in [-0.2, 0) is 4.79 Å². The van der Waals surface area contributed by atoms with Crippen LogP contribution in [0.1, 0.15) is 12.0 Å². The van der Waals surface area contributed by atoms with E-state index in [-0.39, 0.29) is 11.8 Å². The zero-order valence-corrected chi connectivity index (χ0v) is 14.0. The zero-order valence-electron chi connectivity index (χ0n) is 13.2. The van der Waals surface area contributed by atoms with Crippen LogP contribution in [0.2, 0.25) is 0 Å². The predicted molar refractivity (Wildman–Crippen MR) is 92.6 cm³/mol. The van der Waals surface area contributed by atoms with E-state index in [1.54, 1.807) is 18.8 Å². The molecule has 22 heavy (non-hydrogen) atoms. The molecule has 1 aliphatic heterocycles. The third kappa shape index (κ3) is 2.77. The minimum absolute atomic E-state index is 0.0710. The number of benzene rings is 1. The fraction of sp³-hybridized carbons (Fsp3) is 0.412. The van der Waals surface area contributed by atoms with Gasteiger partial charge in [0.2, 0.25) is 5.91 Å². The fourth-order valence-corrected chi connectivity index (χ4v) is 3.47. The van der Waals surface area contributed by atoms with Crippen molar-refractivity contribution in [1.29, 1.82) is 0 Å². The van der Waals surface area contributed by atoms with Gasteiger partial charge < -0.3 is 10.2 Å². The van der Waals surface area contributed by atoms with Crippen molar-refractivity contribution >= 4 is 34.4 Å². The number of nitrogens with zero attached hydrogens (tertiary/aromatic N) is 2. The number of thioether (sulfide) groups is 1. The van der Waals surface area contributed by atoms with Crippen LogP contribution in [0.3, 0.4) is 0 Å². The van der Waals surface area contributed by atoms with Crippen LogP contribution >= 0.6 is 11.8 Å². The van der Waals surface area contributed by atoms with Gasteiger partial charge >= 0.3 is 0 Å². The van der Waals surface area contributed by atoms with E-state index in [0.717, 1.165) is 30.8 Å². The minimum atomic E-state index is 0.0710. The number of hydrogen-bond donors (Lipinski definition) is 1. The molecule has 0 aliphatic carbocycles. The van der Waals surface area contributed by atoms with Crippen molar-refractivity contribution in [2.45, 2.75) is 18.2 Å². The highest BCUT2D eigenvalue weighted by molar-refractivity contribution is 7.98. The zero-order chi connectivity index (χ0) is 15.7. The number of hydrogen-bond acceptors (Lipinski definition) is 4. The van der Waals surface area contributed by atoms with E-state index in [1.165, 1.54) is 15.8 Å². The summed E-state index contributed by atoms with van der Waals surface area (Å²) in [6.45, 7) is 3.77. The molecule has 5 heteroatoms. The first-order chi connectivity index (χ1) is 10.6. The maximum absolute atomic E-state index is 11.8. The highest BCUT2D eigenvalue weighted by Gasteiger charge is 2.28. The van der Waals surface area contributed by atoms with Gasteiger partial charge in [0.25, 0.3) is 0 Å². The maximum Gasteiger partial charge on any atom is 0.224 e. The Morgan fingerprint density at radius 3 is 2.95 bits per heavy atom. The lowest BCUT2D eigenvalue weighted by Gasteiger charge is -2.19. The number of aryl methyl sites for hydroxylation is 1. The fourth-order valence-electron chi connectivity index (χ4n) is 3.03. The third-order valence-corrected chi connectivity index (χ3v) is 5.06. The Kier molecular flexibility index (Phi) is 4.25. The molecule has 0 bridgehead atoms. The van der Waals surface area contributed by atoms with Crippen LogP contribution in [0, 0.1) is 12.8 Å². The second-order valence-corrected chi connectivity index (χ2v) is 6.61. The molecule has 1 aromatic carbocycles. The molecule has 2 heterocycles. The van der Waals surface area contributed by atoms with Crippen molar-refractivity contribution in [2.75, 3.05) is 31.3 Å². The predicted octanol–water partition coefficient (Wildman–Crippen LogP) is 2.84. The summed E-state index contributed by atoms with van der Waals surface area (Å²) in [6.07, 6.45) is 2.98. The van der Waals surface area contributed by atoms with Gasteiger partial charge in [-0.15, -0.1) is 11.8 Å². The lowest BCUT2D eigenvalue weighted by Crippen LogP contribution is -2.30. The lowest BCUT2D eigenvalue weighted by molar-refractivity contribution is -0.123. The van der Waals surface area contributed by atoms with Gasteiger partial charge in [0.1, 0.15) is 5.82 Å². The van der Waals surface area contributed by atoms with Crippen LogP contribution in [0.15, 0.2) is 29.2 Å². The molecule has 116 valence electrons. The molecule has 3 rings (SSSR count). The van der Waals surface area contributed by atoms with Gasteiger partial charge in [-0.25, -0.2) is 4.98 Å². The monoisotopic (exact) mass is 315 g/mol. The first-order valence-electron chi connectivity index (χ1n) is 7.54. The summed E-state index contributed by atoms with van der Waals surface area (Å²) < 4.78 is 0. The van der Waals surface area contributed by atoms with Crippen molar-refractivity contribution in [2.24, 2.45) is 5.92 Å².